The van der Waals surface area contributed by atoms with Crippen molar-refractivity contribution in [1.29, 1.82) is 0 Å². The highest BCUT2D eigenvalue weighted by Crippen LogP contribution is 2.46. The molecule has 0 aliphatic carbocycles. The van der Waals surface area contributed by atoms with E-state index in [1.165, 1.54) is 65.3 Å². The molecule has 12 rings (SSSR count). The van der Waals surface area contributed by atoms with Crippen molar-refractivity contribution in [2.24, 2.45) is 0 Å². The molecule has 0 fully saturated rings. The fraction of sp³-hybridized carbons (Fsp3) is 0. The van der Waals surface area contributed by atoms with Gasteiger partial charge >= 0.3 is 0 Å². The molecule has 0 saturated carbocycles. The summed E-state index contributed by atoms with van der Waals surface area (Å²) in [6, 6.07) is 65.9. The molecule has 0 amide bonds. The molecule has 2 nitrogen and oxygen atoms in total. The minimum Gasteiger partial charge on any atom is -0.452 e. The maximum atomic E-state index is 6.54. The van der Waals surface area contributed by atoms with Gasteiger partial charge in [-0.2, -0.15) is 0 Å². The number of furan rings is 2. The summed E-state index contributed by atoms with van der Waals surface area (Å²) < 4.78 is 12.8. The Morgan fingerprint density at radius 3 is 1.46 bits per heavy atom. The maximum absolute atomic E-state index is 6.54. The van der Waals surface area contributed by atoms with E-state index in [1.807, 2.05) is 18.2 Å². The van der Waals surface area contributed by atoms with Crippen LogP contribution in [0.1, 0.15) is 0 Å². The SMILES string of the molecule is c1ccc2c(-c3c4ccccc4c(-c4ccc5cc(-c6ccc7c(c6)oc6c7ccc7c8ccccc8oc76)ccc5c4)c4ccccc34)cccc2c1. The normalized spacial score (nSPS) is 12.1. The average molecular weight is 687 g/mol. The summed E-state index contributed by atoms with van der Waals surface area (Å²) in [6.45, 7) is 0. The Kier molecular flexibility index (Phi) is 6.09. The van der Waals surface area contributed by atoms with Gasteiger partial charge in [0, 0.05) is 21.5 Å². The molecular weight excluding hydrogens is 657 g/mol. The quantitative estimate of drug-likeness (QED) is 0.173. The lowest BCUT2D eigenvalue weighted by Crippen LogP contribution is -1.91. The van der Waals surface area contributed by atoms with E-state index in [-0.39, 0.29) is 0 Å². The zero-order valence-corrected chi connectivity index (χ0v) is 29.1. The number of benzene rings is 10. The van der Waals surface area contributed by atoms with Crippen LogP contribution in [-0.4, -0.2) is 0 Å². The second-order valence-electron chi connectivity index (χ2n) is 14.4. The lowest BCUT2D eigenvalue weighted by molar-refractivity contribution is 0.633. The average Bonchev–Trinajstić information content (AvgIpc) is 3.81. The van der Waals surface area contributed by atoms with Crippen LogP contribution < -0.4 is 0 Å². The molecule has 0 bridgehead atoms. The highest BCUT2D eigenvalue weighted by atomic mass is 16.4. The molecule has 10 aromatic carbocycles. The number of rotatable bonds is 3. The van der Waals surface area contributed by atoms with Crippen LogP contribution in [0, 0.1) is 0 Å². The summed E-state index contributed by atoms with van der Waals surface area (Å²) in [4.78, 5) is 0. The summed E-state index contributed by atoms with van der Waals surface area (Å²) in [5.74, 6) is 0. The lowest BCUT2D eigenvalue weighted by Gasteiger charge is -2.19. The molecule has 0 unspecified atom stereocenters. The minimum atomic E-state index is 0.798. The van der Waals surface area contributed by atoms with Crippen LogP contribution in [0.4, 0.5) is 0 Å². The Balaban J connectivity index is 0.991. The van der Waals surface area contributed by atoms with Crippen LogP contribution in [0.2, 0.25) is 0 Å². The first-order valence-corrected chi connectivity index (χ1v) is 18.5. The Hall–Kier alpha value is -7.16. The van der Waals surface area contributed by atoms with Crippen molar-refractivity contribution in [3.63, 3.8) is 0 Å². The van der Waals surface area contributed by atoms with Crippen molar-refractivity contribution in [3.05, 3.63) is 182 Å². The zero-order valence-electron chi connectivity index (χ0n) is 29.1. The van der Waals surface area contributed by atoms with Crippen LogP contribution in [0.3, 0.4) is 0 Å². The highest BCUT2D eigenvalue weighted by molar-refractivity contribution is 6.24. The van der Waals surface area contributed by atoms with E-state index in [1.54, 1.807) is 0 Å². The largest absolute Gasteiger partial charge is 0.452 e. The molecule has 2 heteroatoms. The van der Waals surface area contributed by atoms with Crippen LogP contribution in [-0.2, 0) is 0 Å². The van der Waals surface area contributed by atoms with Gasteiger partial charge in [0.15, 0.2) is 11.2 Å². The standard InChI is InChI=1S/C52H30O2/c1-2-12-37-31(10-1)11-9-18-40(37)50-43-16-5-3-14-41(43)49(42-15-4-6-17-44(42)50)36-23-22-32-28-33(20-21-34(32)29-36)35-24-25-39-46-27-26-45-38-13-7-8-19-47(38)53-51(45)52(46)54-48(39)30-35/h1-30H. The Morgan fingerprint density at radius 1 is 0.259 bits per heavy atom. The van der Waals surface area contributed by atoms with Gasteiger partial charge in [0.1, 0.15) is 11.2 Å². The van der Waals surface area contributed by atoms with Crippen molar-refractivity contribution in [1.82, 2.24) is 0 Å². The second kappa shape index (κ2) is 11.2. The minimum absolute atomic E-state index is 0.798. The third-order valence-corrected chi connectivity index (χ3v) is 11.4. The van der Waals surface area contributed by atoms with E-state index in [0.717, 1.165) is 55.0 Å². The van der Waals surface area contributed by atoms with Gasteiger partial charge in [0.2, 0.25) is 0 Å². The van der Waals surface area contributed by atoms with Crippen molar-refractivity contribution < 1.29 is 8.83 Å². The molecule has 2 heterocycles. The van der Waals surface area contributed by atoms with E-state index in [9.17, 15) is 0 Å². The Morgan fingerprint density at radius 2 is 0.741 bits per heavy atom. The number of hydrogen-bond donors (Lipinski definition) is 0. The molecule has 54 heavy (non-hydrogen) atoms. The Bertz CT molecular complexity index is 3440. The number of hydrogen-bond acceptors (Lipinski definition) is 2. The first-order chi connectivity index (χ1) is 26.8. The van der Waals surface area contributed by atoms with Gasteiger partial charge in [0.05, 0.1) is 0 Å². The third-order valence-electron chi connectivity index (χ3n) is 11.4. The summed E-state index contributed by atoms with van der Waals surface area (Å²) in [5.41, 5.74) is 10.6. The molecule has 0 aliphatic rings. The number of para-hydroxylation sites is 1. The van der Waals surface area contributed by atoms with Crippen molar-refractivity contribution in [2.45, 2.75) is 0 Å². The molecule has 0 atom stereocenters. The molecule has 0 N–H and O–H groups in total. The first-order valence-electron chi connectivity index (χ1n) is 18.5. The lowest BCUT2D eigenvalue weighted by atomic mass is 9.84. The molecule has 0 spiro atoms. The highest BCUT2D eigenvalue weighted by Gasteiger charge is 2.19. The zero-order chi connectivity index (χ0) is 35.3. The topological polar surface area (TPSA) is 26.3 Å². The van der Waals surface area contributed by atoms with Gasteiger partial charge in [-0.1, -0.05) is 140 Å². The van der Waals surface area contributed by atoms with Crippen molar-refractivity contribution >= 4 is 87.0 Å². The fourth-order valence-electron chi connectivity index (χ4n) is 8.95. The molecule has 0 saturated heterocycles. The van der Waals surface area contributed by atoms with E-state index in [2.05, 4.69) is 164 Å². The van der Waals surface area contributed by atoms with Gasteiger partial charge in [-0.3, -0.25) is 0 Å². The predicted molar refractivity (Wildman–Crippen MR) is 227 cm³/mol. The Labute approximate surface area is 310 Å². The van der Waals surface area contributed by atoms with Crippen LogP contribution >= 0.6 is 0 Å². The fourth-order valence-corrected chi connectivity index (χ4v) is 8.95. The van der Waals surface area contributed by atoms with Gasteiger partial charge in [-0.25, -0.2) is 0 Å². The smallest absolute Gasteiger partial charge is 0.178 e. The van der Waals surface area contributed by atoms with Gasteiger partial charge < -0.3 is 8.83 Å². The predicted octanol–water partition coefficient (Wildman–Crippen LogP) is 15.1. The van der Waals surface area contributed by atoms with E-state index < -0.39 is 0 Å². The summed E-state index contributed by atoms with van der Waals surface area (Å²) in [5, 5.41) is 14.3. The second-order valence-corrected chi connectivity index (χ2v) is 14.4. The first kappa shape index (κ1) is 29.4. The van der Waals surface area contributed by atoms with Gasteiger partial charge in [-0.15, -0.1) is 0 Å². The van der Waals surface area contributed by atoms with E-state index in [4.69, 9.17) is 8.83 Å². The van der Waals surface area contributed by atoms with Gasteiger partial charge in [-0.05, 0) is 119 Å². The molecule has 0 aliphatic heterocycles. The summed E-state index contributed by atoms with van der Waals surface area (Å²) in [6.07, 6.45) is 0. The molecule has 250 valence electrons. The van der Waals surface area contributed by atoms with Gasteiger partial charge in [0.25, 0.3) is 0 Å². The third kappa shape index (κ3) is 4.22. The summed E-state index contributed by atoms with van der Waals surface area (Å²) in [7, 11) is 0. The maximum Gasteiger partial charge on any atom is 0.178 e. The monoisotopic (exact) mass is 686 g/mol. The molecular formula is C52H30O2. The van der Waals surface area contributed by atoms with Crippen LogP contribution in [0.5, 0.6) is 0 Å². The summed E-state index contributed by atoms with van der Waals surface area (Å²) >= 11 is 0. The molecule has 12 aromatic rings. The molecule has 0 radical (unpaired) electrons. The van der Waals surface area contributed by atoms with Crippen molar-refractivity contribution in [2.75, 3.05) is 0 Å². The van der Waals surface area contributed by atoms with E-state index >= 15 is 0 Å². The van der Waals surface area contributed by atoms with E-state index in [0.29, 0.717) is 0 Å². The van der Waals surface area contributed by atoms with Crippen molar-refractivity contribution in [3.8, 4) is 33.4 Å². The van der Waals surface area contributed by atoms with Crippen LogP contribution in [0.25, 0.3) is 120 Å². The molecule has 2 aromatic heterocycles. The van der Waals surface area contributed by atoms with Crippen LogP contribution in [0.15, 0.2) is 191 Å². The number of fused-ring (bicyclic) bond motifs is 11.